The number of hydroxylamine groups is 1. The largest absolute Gasteiger partial charge is 0.357 e. The molecule has 1 aromatic heterocycles. The van der Waals surface area contributed by atoms with E-state index in [1.54, 1.807) is 30.3 Å². The first-order valence-electron chi connectivity index (χ1n) is 8.03. The van der Waals surface area contributed by atoms with Crippen LogP contribution in [0, 0.1) is 0 Å². The Hall–Kier alpha value is -3.81. The number of nitrogens with zero attached hydrogens (tertiary/aromatic N) is 1. The number of anilines is 2. The van der Waals surface area contributed by atoms with Crippen LogP contribution in [0.3, 0.4) is 0 Å². The number of hydrazine groups is 1. The lowest BCUT2D eigenvalue weighted by Crippen LogP contribution is -2.46. The van der Waals surface area contributed by atoms with E-state index in [1.165, 1.54) is 17.6 Å². The minimum absolute atomic E-state index is 0.172. The smallest absolute Gasteiger partial charge is 0.332 e. The number of carbonyl (C=O) groups is 3. The highest BCUT2D eigenvalue weighted by atomic mass is 32.2. The molecule has 1 heterocycles. The molecule has 0 aliphatic rings. The number of nitrogens with one attached hydrogen (secondary N) is 6. The third-order valence-corrected chi connectivity index (χ3v) is 4.02. The molecular formula is C16H16N8O4S. The van der Waals surface area contributed by atoms with E-state index < -0.39 is 18.0 Å². The van der Waals surface area contributed by atoms with Crippen molar-refractivity contribution in [2.24, 2.45) is 5.14 Å². The first-order chi connectivity index (χ1) is 14.0. The summed E-state index contributed by atoms with van der Waals surface area (Å²) in [5.74, 6) is -0.643. The molecule has 9 N–H and O–H groups in total. The maximum Gasteiger partial charge on any atom is 0.357 e. The minimum atomic E-state index is -1.00. The van der Waals surface area contributed by atoms with E-state index in [0.29, 0.717) is 22.0 Å². The molecule has 0 fully saturated rings. The second kappa shape index (κ2) is 8.92. The Bertz CT molecular complexity index is 1070. The van der Waals surface area contributed by atoms with Crippen LogP contribution in [-0.2, 0) is 0 Å². The molecule has 150 valence electrons. The van der Waals surface area contributed by atoms with E-state index in [4.69, 9.17) is 10.3 Å². The van der Waals surface area contributed by atoms with Gasteiger partial charge in [0.15, 0.2) is 5.16 Å². The quantitative estimate of drug-likeness (QED) is 0.180. The van der Waals surface area contributed by atoms with Crippen LogP contribution in [0.5, 0.6) is 0 Å². The van der Waals surface area contributed by atoms with E-state index in [-0.39, 0.29) is 5.56 Å². The molecule has 0 saturated heterocycles. The summed E-state index contributed by atoms with van der Waals surface area (Å²) in [7, 11) is 0. The molecule has 0 aliphatic heterocycles. The fraction of sp³-hybridized carbons (Fsp3) is 0. The predicted octanol–water partition coefficient (Wildman–Crippen LogP) is 1.51. The molecule has 0 spiro atoms. The van der Waals surface area contributed by atoms with Gasteiger partial charge < -0.3 is 15.6 Å². The molecule has 5 amide bonds. The molecule has 29 heavy (non-hydrogen) atoms. The van der Waals surface area contributed by atoms with Gasteiger partial charge in [-0.05, 0) is 48.3 Å². The standard InChI is InChI=1S/C16H16N8O4S/c17-29-16-20-11-5-4-10(7-12(11)21-16)19-14(26)18-9-3-1-2-8(6-9)13(25)22-23-15(27)24-28/h1-7,28H,17H2,(H,20,21)(H,22,25)(H2,18,19,26)(H2,23,24,27). The Morgan fingerprint density at radius 3 is 2.48 bits per heavy atom. The second-order valence-corrected chi connectivity index (χ2v) is 6.19. The average Bonchev–Trinajstić information content (AvgIpc) is 3.14. The van der Waals surface area contributed by atoms with Gasteiger partial charge in [0.05, 0.1) is 11.0 Å². The normalized spacial score (nSPS) is 10.3. The maximum absolute atomic E-state index is 12.2. The number of fused-ring (bicyclic) bond motifs is 1. The molecule has 2 aromatic carbocycles. The summed E-state index contributed by atoms with van der Waals surface area (Å²) >= 11 is 0.988. The Morgan fingerprint density at radius 2 is 1.76 bits per heavy atom. The van der Waals surface area contributed by atoms with Crippen LogP contribution in [0.25, 0.3) is 11.0 Å². The first kappa shape index (κ1) is 19.9. The number of carbonyl (C=O) groups excluding carboxylic acids is 3. The van der Waals surface area contributed by atoms with Crippen molar-refractivity contribution in [3.05, 3.63) is 48.0 Å². The molecule has 3 rings (SSSR count). The van der Waals surface area contributed by atoms with Gasteiger partial charge >= 0.3 is 12.1 Å². The van der Waals surface area contributed by atoms with Gasteiger partial charge in [0.25, 0.3) is 5.91 Å². The molecule has 0 atom stereocenters. The van der Waals surface area contributed by atoms with Crippen molar-refractivity contribution in [1.82, 2.24) is 26.3 Å². The zero-order valence-corrected chi connectivity index (χ0v) is 15.5. The maximum atomic E-state index is 12.2. The summed E-state index contributed by atoms with van der Waals surface area (Å²) in [5.41, 5.74) is 7.79. The first-order valence-corrected chi connectivity index (χ1v) is 8.91. The number of hydrogen-bond acceptors (Lipinski definition) is 7. The lowest BCUT2D eigenvalue weighted by Gasteiger charge is -2.10. The molecular weight excluding hydrogens is 400 g/mol. The van der Waals surface area contributed by atoms with Gasteiger partial charge in [-0.25, -0.2) is 25.5 Å². The van der Waals surface area contributed by atoms with Gasteiger partial charge in [-0.2, -0.15) is 0 Å². The number of hydrogen-bond donors (Lipinski definition) is 8. The minimum Gasteiger partial charge on any atom is -0.332 e. The Labute approximate surface area is 167 Å². The lowest BCUT2D eigenvalue weighted by molar-refractivity contribution is 0.0927. The van der Waals surface area contributed by atoms with Crippen LogP contribution in [0.2, 0.25) is 0 Å². The van der Waals surface area contributed by atoms with E-state index in [2.05, 4.69) is 26.0 Å². The number of nitrogens with two attached hydrogens (primary N) is 1. The van der Waals surface area contributed by atoms with E-state index in [1.807, 2.05) is 5.43 Å². The van der Waals surface area contributed by atoms with Crippen LogP contribution in [0.4, 0.5) is 21.0 Å². The van der Waals surface area contributed by atoms with E-state index >= 15 is 0 Å². The summed E-state index contributed by atoms with van der Waals surface area (Å²) in [6.07, 6.45) is 0. The van der Waals surface area contributed by atoms with Crippen molar-refractivity contribution < 1.29 is 19.6 Å². The monoisotopic (exact) mass is 416 g/mol. The van der Waals surface area contributed by atoms with Gasteiger partial charge in [0.2, 0.25) is 0 Å². The Morgan fingerprint density at radius 1 is 1.00 bits per heavy atom. The van der Waals surface area contributed by atoms with Gasteiger partial charge in [0.1, 0.15) is 0 Å². The summed E-state index contributed by atoms with van der Waals surface area (Å²) in [4.78, 5) is 42.4. The third kappa shape index (κ3) is 5.13. The fourth-order valence-corrected chi connectivity index (χ4v) is 2.68. The highest BCUT2D eigenvalue weighted by Gasteiger charge is 2.10. The van der Waals surface area contributed by atoms with Crippen LogP contribution in [-0.4, -0.2) is 33.1 Å². The van der Waals surface area contributed by atoms with Crippen molar-refractivity contribution in [2.75, 3.05) is 10.6 Å². The average molecular weight is 416 g/mol. The number of aromatic amines is 1. The second-order valence-electron chi connectivity index (χ2n) is 5.57. The third-order valence-electron chi connectivity index (χ3n) is 3.60. The van der Waals surface area contributed by atoms with Gasteiger partial charge in [-0.1, -0.05) is 6.07 Å². The topological polar surface area (TPSA) is 186 Å². The van der Waals surface area contributed by atoms with Crippen molar-refractivity contribution in [3.8, 4) is 0 Å². The number of benzene rings is 2. The highest BCUT2D eigenvalue weighted by molar-refractivity contribution is 7.96. The number of urea groups is 2. The van der Waals surface area contributed by atoms with Crippen LogP contribution in [0.15, 0.2) is 47.6 Å². The molecule has 12 nitrogen and oxygen atoms in total. The molecule has 0 bridgehead atoms. The Balaban J connectivity index is 1.63. The number of aromatic nitrogens is 2. The summed E-state index contributed by atoms with van der Waals surface area (Å²) in [5, 5.41) is 19.7. The van der Waals surface area contributed by atoms with Crippen LogP contribution in [0.1, 0.15) is 10.4 Å². The summed E-state index contributed by atoms with van der Waals surface area (Å²) in [6.45, 7) is 0. The molecule has 13 heteroatoms. The molecule has 0 saturated carbocycles. The van der Waals surface area contributed by atoms with E-state index in [0.717, 1.165) is 17.5 Å². The SMILES string of the molecule is NSc1nc2cc(NC(=O)Nc3cccc(C(=O)NNC(=O)NO)c3)ccc2[nH]1. The highest BCUT2D eigenvalue weighted by Crippen LogP contribution is 2.20. The van der Waals surface area contributed by atoms with Crippen molar-refractivity contribution in [3.63, 3.8) is 0 Å². The summed E-state index contributed by atoms with van der Waals surface area (Å²) < 4.78 is 0. The van der Waals surface area contributed by atoms with Crippen molar-refractivity contribution >= 4 is 52.3 Å². The van der Waals surface area contributed by atoms with E-state index in [9.17, 15) is 14.4 Å². The lowest BCUT2D eigenvalue weighted by atomic mass is 10.2. The van der Waals surface area contributed by atoms with Gasteiger partial charge in [-0.15, -0.1) is 0 Å². The van der Waals surface area contributed by atoms with Crippen molar-refractivity contribution in [1.29, 1.82) is 0 Å². The molecule has 0 radical (unpaired) electrons. The molecule has 0 unspecified atom stereocenters. The number of amides is 5. The van der Waals surface area contributed by atoms with Crippen LogP contribution >= 0.6 is 11.9 Å². The number of imidazole rings is 1. The zero-order chi connectivity index (χ0) is 20.8. The molecule has 0 aliphatic carbocycles. The molecule has 3 aromatic rings. The van der Waals surface area contributed by atoms with Gasteiger partial charge in [-0.3, -0.25) is 20.6 Å². The van der Waals surface area contributed by atoms with Gasteiger partial charge in [0, 0.05) is 16.9 Å². The van der Waals surface area contributed by atoms with Crippen LogP contribution < -0.4 is 32.1 Å². The number of H-pyrrole nitrogens is 1. The fourth-order valence-electron chi connectivity index (χ4n) is 2.36. The zero-order valence-electron chi connectivity index (χ0n) is 14.6. The Kier molecular flexibility index (Phi) is 6.13. The predicted molar refractivity (Wildman–Crippen MR) is 106 cm³/mol. The number of rotatable bonds is 4. The van der Waals surface area contributed by atoms with Crippen molar-refractivity contribution in [2.45, 2.75) is 5.16 Å². The summed E-state index contributed by atoms with van der Waals surface area (Å²) in [6, 6.07) is 9.66.